The van der Waals surface area contributed by atoms with Gasteiger partial charge in [0, 0.05) is 24.3 Å². The van der Waals surface area contributed by atoms with E-state index < -0.39 is 17.2 Å². The number of pyridine rings is 1. The maximum atomic E-state index is 12.9. The van der Waals surface area contributed by atoms with Crippen molar-refractivity contribution in [1.29, 1.82) is 0 Å². The predicted octanol–water partition coefficient (Wildman–Crippen LogP) is 3.58. The lowest BCUT2D eigenvalue weighted by molar-refractivity contribution is 0.102. The SMILES string of the molecule is Cn1cc(C(=O)Nc2ccc(F)cc2)c(=O)c2cccc(Cl)c21. The topological polar surface area (TPSA) is 51.1 Å². The molecular weight excluding hydrogens is 319 g/mol. The molecule has 1 heterocycles. The minimum atomic E-state index is -0.556. The van der Waals surface area contributed by atoms with Gasteiger partial charge in [-0.25, -0.2) is 4.39 Å². The van der Waals surface area contributed by atoms with Crippen LogP contribution in [0.4, 0.5) is 10.1 Å². The van der Waals surface area contributed by atoms with Crippen molar-refractivity contribution < 1.29 is 9.18 Å². The molecule has 1 N–H and O–H groups in total. The summed E-state index contributed by atoms with van der Waals surface area (Å²) in [6.07, 6.45) is 1.44. The van der Waals surface area contributed by atoms with Gasteiger partial charge in [-0.1, -0.05) is 17.7 Å². The molecule has 4 nitrogen and oxygen atoms in total. The lowest BCUT2D eigenvalue weighted by atomic mass is 10.1. The van der Waals surface area contributed by atoms with Crippen LogP contribution in [0.25, 0.3) is 10.9 Å². The van der Waals surface area contributed by atoms with Gasteiger partial charge in [0.2, 0.25) is 5.43 Å². The summed E-state index contributed by atoms with van der Waals surface area (Å²) in [5.41, 5.74) is 0.564. The van der Waals surface area contributed by atoms with E-state index in [0.717, 1.165) is 0 Å². The molecule has 0 aliphatic carbocycles. The number of aromatic nitrogens is 1. The van der Waals surface area contributed by atoms with Crippen molar-refractivity contribution in [3.8, 4) is 0 Å². The Morgan fingerprint density at radius 2 is 1.87 bits per heavy atom. The molecule has 0 saturated heterocycles. The Balaban J connectivity index is 2.06. The summed E-state index contributed by atoms with van der Waals surface area (Å²) in [6.45, 7) is 0. The number of amides is 1. The number of hydrogen-bond acceptors (Lipinski definition) is 2. The maximum Gasteiger partial charge on any atom is 0.261 e. The molecule has 1 aromatic heterocycles. The minimum Gasteiger partial charge on any atom is -0.348 e. The number of benzene rings is 2. The fourth-order valence-corrected chi connectivity index (χ4v) is 2.72. The highest BCUT2D eigenvalue weighted by Gasteiger charge is 2.16. The van der Waals surface area contributed by atoms with Crippen molar-refractivity contribution in [3.63, 3.8) is 0 Å². The van der Waals surface area contributed by atoms with Gasteiger partial charge in [0.25, 0.3) is 5.91 Å². The largest absolute Gasteiger partial charge is 0.348 e. The number of carbonyl (C=O) groups is 1. The molecule has 0 atom stereocenters. The fraction of sp³-hybridized carbons (Fsp3) is 0.0588. The van der Waals surface area contributed by atoms with Gasteiger partial charge in [-0.05, 0) is 36.4 Å². The highest BCUT2D eigenvalue weighted by molar-refractivity contribution is 6.35. The Morgan fingerprint density at radius 3 is 2.57 bits per heavy atom. The minimum absolute atomic E-state index is 0.00779. The van der Waals surface area contributed by atoms with Crippen molar-refractivity contribution in [2.75, 3.05) is 5.32 Å². The normalized spacial score (nSPS) is 10.7. The summed E-state index contributed by atoms with van der Waals surface area (Å²) in [4.78, 5) is 24.9. The molecule has 1 amide bonds. The molecule has 6 heteroatoms. The van der Waals surface area contributed by atoms with Gasteiger partial charge in [0.15, 0.2) is 0 Å². The number of aryl methyl sites for hydroxylation is 1. The molecule has 0 aliphatic rings. The molecule has 3 rings (SSSR count). The molecule has 2 aromatic carbocycles. The summed E-state index contributed by atoms with van der Waals surface area (Å²) in [5, 5.41) is 3.39. The standard InChI is InChI=1S/C17H12ClFN2O2/c1-21-9-13(16(22)12-3-2-4-14(18)15(12)21)17(23)20-11-7-5-10(19)6-8-11/h2-9H,1H3,(H,20,23). The Morgan fingerprint density at radius 1 is 1.17 bits per heavy atom. The number of halogens is 2. The smallest absolute Gasteiger partial charge is 0.261 e. The van der Waals surface area contributed by atoms with Crippen LogP contribution in [0.5, 0.6) is 0 Å². The Hall–Kier alpha value is -2.66. The monoisotopic (exact) mass is 330 g/mol. The Labute approximate surface area is 136 Å². The summed E-state index contributed by atoms with van der Waals surface area (Å²) in [6, 6.07) is 10.3. The zero-order valence-corrected chi connectivity index (χ0v) is 12.9. The molecule has 0 aliphatic heterocycles. The van der Waals surface area contributed by atoms with Gasteiger partial charge in [-0.15, -0.1) is 0 Å². The van der Waals surface area contributed by atoms with Gasteiger partial charge in [0.05, 0.1) is 10.5 Å². The van der Waals surface area contributed by atoms with Crippen LogP contribution in [0.1, 0.15) is 10.4 Å². The molecule has 0 bridgehead atoms. The Kier molecular flexibility index (Phi) is 3.88. The van der Waals surface area contributed by atoms with E-state index in [1.54, 1.807) is 29.8 Å². The van der Waals surface area contributed by atoms with Gasteiger partial charge >= 0.3 is 0 Å². The molecule has 0 spiro atoms. The highest BCUT2D eigenvalue weighted by atomic mass is 35.5. The first kappa shape index (κ1) is 15.2. The number of hydrogen-bond donors (Lipinski definition) is 1. The van der Waals surface area contributed by atoms with Crippen LogP contribution in [0.2, 0.25) is 5.02 Å². The second kappa shape index (κ2) is 5.85. The van der Waals surface area contributed by atoms with Crippen molar-refractivity contribution in [3.05, 3.63) is 75.3 Å². The first-order valence-corrected chi connectivity index (χ1v) is 7.20. The third-order valence-electron chi connectivity index (χ3n) is 3.50. The zero-order valence-electron chi connectivity index (χ0n) is 12.1. The van der Waals surface area contributed by atoms with Crippen molar-refractivity contribution in [2.45, 2.75) is 0 Å². The second-order valence-electron chi connectivity index (χ2n) is 5.08. The number of nitrogens with one attached hydrogen (secondary N) is 1. The van der Waals surface area contributed by atoms with Crippen molar-refractivity contribution >= 4 is 34.1 Å². The van der Waals surface area contributed by atoms with E-state index in [-0.39, 0.29) is 5.56 Å². The van der Waals surface area contributed by atoms with Gasteiger partial charge in [-0.3, -0.25) is 9.59 Å². The molecule has 0 unspecified atom stereocenters. The molecule has 3 aromatic rings. The molecule has 0 radical (unpaired) electrons. The van der Waals surface area contributed by atoms with Crippen LogP contribution in [0.3, 0.4) is 0 Å². The lowest BCUT2D eigenvalue weighted by Crippen LogP contribution is -2.23. The van der Waals surface area contributed by atoms with Gasteiger partial charge in [0.1, 0.15) is 11.4 Å². The third-order valence-corrected chi connectivity index (χ3v) is 3.80. The van der Waals surface area contributed by atoms with Crippen LogP contribution >= 0.6 is 11.6 Å². The van der Waals surface area contributed by atoms with Gasteiger partial charge in [-0.2, -0.15) is 0 Å². The third kappa shape index (κ3) is 2.83. The molecule has 23 heavy (non-hydrogen) atoms. The summed E-state index contributed by atoms with van der Waals surface area (Å²) < 4.78 is 14.5. The van der Waals surface area contributed by atoms with Crippen molar-refractivity contribution in [1.82, 2.24) is 4.57 Å². The first-order valence-electron chi connectivity index (χ1n) is 6.82. The van der Waals surface area contributed by atoms with E-state index in [1.807, 2.05) is 0 Å². The zero-order chi connectivity index (χ0) is 16.6. The number of nitrogens with zero attached hydrogens (tertiary/aromatic N) is 1. The van der Waals surface area contributed by atoms with E-state index in [2.05, 4.69) is 5.32 Å². The molecule has 116 valence electrons. The van der Waals surface area contributed by atoms with E-state index in [0.29, 0.717) is 21.6 Å². The van der Waals surface area contributed by atoms with Crippen molar-refractivity contribution in [2.24, 2.45) is 7.05 Å². The number of para-hydroxylation sites is 1. The van der Waals surface area contributed by atoms with Crippen LogP contribution in [-0.4, -0.2) is 10.5 Å². The van der Waals surface area contributed by atoms with Crippen LogP contribution in [0, 0.1) is 5.82 Å². The van der Waals surface area contributed by atoms with Crippen LogP contribution in [0.15, 0.2) is 53.5 Å². The maximum absolute atomic E-state index is 12.9. The summed E-state index contributed by atoms with van der Waals surface area (Å²) in [5.74, 6) is -0.960. The average Bonchev–Trinajstić information content (AvgIpc) is 2.52. The molecule has 0 saturated carbocycles. The van der Waals surface area contributed by atoms with Crippen LogP contribution in [-0.2, 0) is 7.05 Å². The Bertz CT molecular complexity index is 965. The fourth-order valence-electron chi connectivity index (χ4n) is 2.41. The molecule has 0 fully saturated rings. The number of fused-ring (bicyclic) bond motifs is 1. The highest BCUT2D eigenvalue weighted by Crippen LogP contribution is 2.21. The molecular formula is C17H12ClFN2O2. The average molecular weight is 331 g/mol. The predicted molar refractivity (Wildman–Crippen MR) is 88.6 cm³/mol. The second-order valence-corrected chi connectivity index (χ2v) is 5.49. The number of anilines is 1. The van der Waals surface area contributed by atoms with Gasteiger partial charge < -0.3 is 9.88 Å². The summed E-state index contributed by atoms with van der Waals surface area (Å²) >= 11 is 6.12. The van der Waals surface area contributed by atoms with E-state index in [4.69, 9.17) is 11.6 Å². The van der Waals surface area contributed by atoms with E-state index in [1.165, 1.54) is 30.5 Å². The van der Waals surface area contributed by atoms with E-state index >= 15 is 0 Å². The van der Waals surface area contributed by atoms with E-state index in [9.17, 15) is 14.0 Å². The quantitative estimate of drug-likeness (QED) is 0.780. The van der Waals surface area contributed by atoms with Crippen LogP contribution < -0.4 is 10.7 Å². The lowest BCUT2D eigenvalue weighted by Gasteiger charge is -2.10. The first-order chi connectivity index (χ1) is 11.0. The number of rotatable bonds is 2. The summed E-state index contributed by atoms with van der Waals surface area (Å²) in [7, 11) is 1.71. The number of carbonyl (C=O) groups excluding carboxylic acids is 1.